The maximum Gasteiger partial charge on any atom is 0.231 e. The third-order valence-electron chi connectivity index (χ3n) is 3.83. The van der Waals surface area contributed by atoms with Crippen molar-refractivity contribution in [3.05, 3.63) is 90.3 Å². The fourth-order valence-corrected chi connectivity index (χ4v) is 2.85. The molecule has 0 aliphatic carbocycles. The van der Waals surface area contributed by atoms with Crippen molar-refractivity contribution in [2.45, 2.75) is 12.6 Å². The number of hydrogen-bond acceptors (Lipinski definition) is 5. The SMILES string of the molecule is NC(=O)CN(Cc1cccnc1)C(c1cccnc1)c1cccnc1. The van der Waals surface area contributed by atoms with Gasteiger partial charge in [0.15, 0.2) is 0 Å². The van der Waals surface area contributed by atoms with Gasteiger partial charge in [-0.2, -0.15) is 0 Å². The first-order valence-corrected chi connectivity index (χ1v) is 7.95. The van der Waals surface area contributed by atoms with E-state index >= 15 is 0 Å². The van der Waals surface area contributed by atoms with Gasteiger partial charge in [-0.15, -0.1) is 0 Å². The first kappa shape index (κ1) is 16.7. The van der Waals surface area contributed by atoms with E-state index < -0.39 is 0 Å². The first-order chi connectivity index (χ1) is 12.2. The lowest BCUT2D eigenvalue weighted by Gasteiger charge is -2.31. The van der Waals surface area contributed by atoms with Crippen LogP contribution in [0.4, 0.5) is 0 Å². The highest BCUT2D eigenvalue weighted by atomic mass is 16.1. The lowest BCUT2D eigenvalue weighted by atomic mass is 9.99. The number of primary amides is 1. The van der Waals surface area contributed by atoms with Gasteiger partial charge in [-0.05, 0) is 34.9 Å². The molecule has 0 fully saturated rings. The van der Waals surface area contributed by atoms with Gasteiger partial charge in [-0.3, -0.25) is 24.6 Å². The quantitative estimate of drug-likeness (QED) is 0.714. The molecule has 2 N–H and O–H groups in total. The lowest BCUT2D eigenvalue weighted by molar-refractivity contribution is -0.119. The Kier molecular flexibility index (Phi) is 5.43. The van der Waals surface area contributed by atoms with E-state index in [1.54, 1.807) is 37.2 Å². The second kappa shape index (κ2) is 8.12. The molecule has 0 atom stereocenters. The molecule has 6 heteroatoms. The number of nitrogens with two attached hydrogens (primary N) is 1. The molecular weight excluding hydrogens is 314 g/mol. The van der Waals surface area contributed by atoms with Crippen molar-refractivity contribution < 1.29 is 4.79 Å². The fourth-order valence-electron chi connectivity index (χ4n) is 2.85. The molecule has 0 aliphatic heterocycles. The number of rotatable bonds is 7. The predicted molar refractivity (Wildman–Crippen MR) is 94.2 cm³/mol. The van der Waals surface area contributed by atoms with E-state index in [1.807, 2.05) is 41.3 Å². The molecule has 3 aromatic heterocycles. The molecule has 0 bridgehead atoms. The van der Waals surface area contributed by atoms with E-state index in [1.165, 1.54) is 0 Å². The van der Waals surface area contributed by atoms with E-state index in [4.69, 9.17) is 5.73 Å². The smallest absolute Gasteiger partial charge is 0.231 e. The van der Waals surface area contributed by atoms with E-state index in [0.717, 1.165) is 16.7 Å². The summed E-state index contributed by atoms with van der Waals surface area (Å²) in [6.07, 6.45) is 10.6. The molecular formula is C19H19N5O. The summed E-state index contributed by atoms with van der Waals surface area (Å²) in [7, 11) is 0. The molecule has 25 heavy (non-hydrogen) atoms. The Balaban J connectivity index is 2.01. The molecule has 0 aliphatic rings. The van der Waals surface area contributed by atoms with E-state index in [9.17, 15) is 4.79 Å². The van der Waals surface area contributed by atoms with Gasteiger partial charge in [0.2, 0.25) is 5.91 Å². The van der Waals surface area contributed by atoms with Crippen LogP contribution in [0.2, 0.25) is 0 Å². The Bertz CT molecular complexity index is 756. The summed E-state index contributed by atoms with van der Waals surface area (Å²) in [6.45, 7) is 0.647. The number of amides is 1. The highest BCUT2D eigenvalue weighted by molar-refractivity contribution is 5.76. The largest absolute Gasteiger partial charge is 0.369 e. The second-order valence-corrected chi connectivity index (χ2v) is 5.71. The zero-order valence-corrected chi connectivity index (χ0v) is 13.7. The average Bonchev–Trinajstić information content (AvgIpc) is 2.64. The molecule has 3 aromatic rings. The van der Waals surface area contributed by atoms with Gasteiger partial charge in [-0.1, -0.05) is 18.2 Å². The van der Waals surface area contributed by atoms with Crippen LogP contribution in [0.5, 0.6) is 0 Å². The first-order valence-electron chi connectivity index (χ1n) is 7.95. The minimum Gasteiger partial charge on any atom is -0.369 e. The van der Waals surface area contributed by atoms with Gasteiger partial charge >= 0.3 is 0 Å². The Morgan fingerprint density at radius 2 is 1.48 bits per heavy atom. The van der Waals surface area contributed by atoms with E-state index in [-0.39, 0.29) is 18.5 Å². The van der Waals surface area contributed by atoms with Crippen molar-refractivity contribution in [1.82, 2.24) is 19.9 Å². The molecule has 0 saturated carbocycles. The molecule has 0 spiro atoms. The van der Waals surface area contributed by atoms with E-state index in [2.05, 4.69) is 15.0 Å². The van der Waals surface area contributed by atoms with Crippen LogP contribution in [0, 0.1) is 0 Å². The summed E-state index contributed by atoms with van der Waals surface area (Å²) in [4.78, 5) is 26.3. The van der Waals surface area contributed by atoms with Crippen LogP contribution in [0.15, 0.2) is 73.6 Å². The molecule has 0 aromatic carbocycles. The summed E-state index contributed by atoms with van der Waals surface area (Å²) >= 11 is 0. The lowest BCUT2D eigenvalue weighted by Crippen LogP contribution is -2.37. The number of nitrogens with zero attached hydrogens (tertiary/aromatic N) is 4. The van der Waals surface area contributed by atoms with Gasteiger partial charge in [-0.25, -0.2) is 0 Å². The predicted octanol–water partition coefficient (Wildman–Crippen LogP) is 1.95. The van der Waals surface area contributed by atoms with Crippen LogP contribution < -0.4 is 5.73 Å². The van der Waals surface area contributed by atoms with Gasteiger partial charge in [0.1, 0.15) is 0 Å². The van der Waals surface area contributed by atoms with Gasteiger partial charge < -0.3 is 5.73 Å². The van der Waals surface area contributed by atoms with Gasteiger partial charge in [0.25, 0.3) is 0 Å². The van der Waals surface area contributed by atoms with Crippen LogP contribution in [-0.4, -0.2) is 32.3 Å². The standard InChI is InChI=1S/C19H19N5O/c20-18(25)14-24(13-15-4-1-7-21-10-15)19(16-5-2-8-22-11-16)17-6-3-9-23-12-17/h1-12,19H,13-14H2,(H2,20,25). The van der Waals surface area contributed by atoms with Crippen molar-refractivity contribution in [2.24, 2.45) is 5.73 Å². The summed E-state index contributed by atoms with van der Waals surface area (Å²) < 4.78 is 0. The third kappa shape index (κ3) is 4.45. The molecule has 0 saturated heterocycles. The Morgan fingerprint density at radius 1 is 0.920 bits per heavy atom. The Hall–Kier alpha value is -3.12. The summed E-state index contributed by atoms with van der Waals surface area (Å²) in [5.74, 6) is -0.387. The maximum absolute atomic E-state index is 11.7. The molecule has 3 rings (SSSR count). The molecule has 6 nitrogen and oxygen atoms in total. The zero-order valence-electron chi connectivity index (χ0n) is 13.7. The topological polar surface area (TPSA) is 85.0 Å². The summed E-state index contributed by atoms with van der Waals surface area (Å²) in [5, 5.41) is 0. The number of pyridine rings is 3. The van der Waals surface area contributed by atoms with Crippen molar-refractivity contribution >= 4 is 5.91 Å². The van der Waals surface area contributed by atoms with Crippen LogP contribution in [0.1, 0.15) is 22.7 Å². The van der Waals surface area contributed by atoms with Crippen LogP contribution in [0.3, 0.4) is 0 Å². The molecule has 0 unspecified atom stereocenters. The van der Waals surface area contributed by atoms with E-state index in [0.29, 0.717) is 6.54 Å². The second-order valence-electron chi connectivity index (χ2n) is 5.71. The van der Waals surface area contributed by atoms with Crippen molar-refractivity contribution in [2.75, 3.05) is 6.54 Å². The zero-order chi connectivity index (χ0) is 17.5. The van der Waals surface area contributed by atoms with Gasteiger partial charge in [0.05, 0.1) is 12.6 Å². The monoisotopic (exact) mass is 333 g/mol. The summed E-state index contributed by atoms with van der Waals surface area (Å²) in [5.41, 5.74) is 8.46. The van der Waals surface area contributed by atoms with Crippen LogP contribution in [0.25, 0.3) is 0 Å². The third-order valence-corrected chi connectivity index (χ3v) is 3.83. The molecule has 3 heterocycles. The minimum atomic E-state index is -0.387. The van der Waals surface area contributed by atoms with Crippen LogP contribution in [-0.2, 0) is 11.3 Å². The normalized spacial score (nSPS) is 11.0. The van der Waals surface area contributed by atoms with Gasteiger partial charge in [0, 0.05) is 43.7 Å². The van der Waals surface area contributed by atoms with Crippen molar-refractivity contribution in [3.8, 4) is 0 Å². The molecule has 1 amide bonds. The highest BCUT2D eigenvalue weighted by Gasteiger charge is 2.24. The van der Waals surface area contributed by atoms with Crippen molar-refractivity contribution in [1.29, 1.82) is 0 Å². The Labute approximate surface area is 146 Å². The molecule has 0 radical (unpaired) electrons. The summed E-state index contributed by atoms with van der Waals surface area (Å²) in [6, 6.07) is 11.4. The number of carbonyl (C=O) groups excluding carboxylic acids is 1. The number of hydrogen-bond donors (Lipinski definition) is 1. The highest BCUT2D eigenvalue weighted by Crippen LogP contribution is 2.28. The Morgan fingerprint density at radius 3 is 1.92 bits per heavy atom. The van der Waals surface area contributed by atoms with Crippen molar-refractivity contribution in [3.63, 3.8) is 0 Å². The molecule has 126 valence electrons. The number of carbonyl (C=O) groups is 1. The fraction of sp³-hybridized carbons (Fsp3) is 0.158. The van der Waals surface area contributed by atoms with Crippen LogP contribution >= 0.6 is 0 Å². The minimum absolute atomic E-state index is 0.114. The maximum atomic E-state index is 11.7. The number of aromatic nitrogens is 3. The average molecular weight is 333 g/mol.